The van der Waals surface area contributed by atoms with Gasteiger partial charge in [-0.3, -0.25) is 0 Å². The van der Waals surface area contributed by atoms with Crippen molar-refractivity contribution >= 4 is 0 Å². The zero-order valence-corrected chi connectivity index (χ0v) is 12.6. The number of hydrogen-bond acceptors (Lipinski definition) is 0. The third-order valence-electron chi connectivity index (χ3n) is 3.82. The second-order valence-corrected chi connectivity index (χ2v) is 5.84. The first-order valence-electron chi connectivity index (χ1n) is 7.46. The Morgan fingerprint density at radius 2 is 1.60 bits per heavy atom. The minimum atomic E-state index is -0.158. The lowest BCUT2D eigenvalue weighted by Crippen LogP contribution is -2.01. The first-order valence-corrected chi connectivity index (χ1v) is 7.46. The van der Waals surface area contributed by atoms with E-state index in [1.54, 1.807) is 6.07 Å². The number of rotatable bonds is 5. The van der Waals surface area contributed by atoms with Crippen molar-refractivity contribution in [2.45, 2.75) is 39.5 Å². The Bertz CT molecular complexity index is 540. The van der Waals surface area contributed by atoms with Gasteiger partial charge < -0.3 is 0 Å². The maximum absolute atomic E-state index is 13.8. The topological polar surface area (TPSA) is 0 Å². The summed E-state index contributed by atoms with van der Waals surface area (Å²) < 4.78 is 13.8. The molecule has 0 N–H and O–H groups in total. The van der Waals surface area contributed by atoms with Gasteiger partial charge in [0.1, 0.15) is 5.82 Å². The predicted molar refractivity (Wildman–Crippen MR) is 84.3 cm³/mol. The molecule has 0 spiro atoms. The first-order chi connectivity index (χ1) is 9.61. The molecule has 0 aromatic heterocycles. The highest BCUT2D eigenvalue weighted by Crippen LogP contribution is 2.29. The van der Waals surface area contributed by atoms with Crippen LogP contribution in [0.3, 0.4) is 0 Å². The second-order valence-electron chi connectivity index (χ2n) is 5.84. The quantitative estimate of drug-likeness (QED) is 0.622. The minimum Gasteiger partial charge on any atom is -0.206 e. The van der Waals surface area contributed by atoms with Gasteiger partial charge in [0.05, 0.1) is 0 Å². The maximum atomic E-state index is 13.8. The minimum absolute atomic E-state index is 0.158. The molecule has 0 radical (unpaired) electrons. The molecule has 0 saturated carbocycles. The van der Waals surface area contributed by atoms with E-state index in [-0.39, 0.29) is 5.82 Å². The van der Waals surface area contributed by atoms with E-state index in [1.165, 1.54) is 18.1 Å². The summed E-state index contributed by atoms with van der Waals surface area (Å²) in [6.07, 6.45) is 2.35. The van der Waals surface area contributed by atoms with E-state index in [1.807, 2.05) is 24.3 Å². The molecule has 0 aliphatic rings. The molecule has 1 heteroatoms. The molecule has 106 valence electrons. The van der Waals surface area contributed by atoms with Crippen molar-refractivity contribution in [2.24, 2.45) is 5.92 Å². The highest BCUT2D eigenvalue weighted by Gasteiger charge is 2.12. The van der Waals surface area contributed by atoms with Crippen LogP contribution in [0.15, 0.2) is 48.5 Å². The normalized spacial score (nSPS) is 12.7. The number of halogens is 1. The number of benzene rings is 2. The summed E-state index contributed by atoms with van der Waals surface area (Å²) in [6, 6.07) is 15.3. The van der Waals surface area contributed by atoms with Crippen LogP contribution >= 0.6 is 0 Å². The lowest BCUT2D eigenvalue weighted by molar-refractivity contribution is 0.489. The molecule has 0 saturated heterocycles. The monoisotopic (exact) mass is 270 g/mol. The van der Waals surface area contributed by atoms with Crippen LogP contribution in [0, 0.1) is 11.7 Å². The fourth-order valence-corrected chi connectivity index (χ4v) is 2.74. The highest BCUT2D eigenvalue weighted by atomic mass is 19.1. The van der Waals surface area contributed by atoms with Gasteiger partial charge in [-0.05, 0) is 41.9 Å². The molecule has 0 amide bonds. The molecule has 0 unspecified atom stereocenters. The SMILES string of the molecule is CC[C@@H](CC(C)C)c1ccc(-c2ccccc2F)cc1. The Morgan fingerprint density at radius 3 is 2.15 bits per heavy atom. The van der Waals surface area contributed by atoms with E-state index in [0.29, 0.717) is 17.4 Å². The van der Waals surface area contributed by atoms with Gasteiger partial charge in [-0.2, -0.15) is 0 Å². The molecule has 0 aliphatic heterocycles. The zero-order valence-electron chi connectivity index (χ0n) is 12.6. The standard InChI is InChI=1S/C19H23F/c1-4-15(13-14(2)3)16-9-11-17(12-10-16)18-7-5-6-8-19(18)20/h5-12,14-15H,4,13H2,1-3H3/t15-/m0/s1. The predicted octanol–water partition coefficient (Wildman–Crippen LogP) is 6.03. The smallest absolute Gasteiger partial charge is 0.131 e. The maximum Gasteiger partial charge on any atom is 0.131 e. The van der Waals surface area contributed by atoms with Crippen molar-refractivity contribution in [2.75, 3.05) is 0 Å². The van der Waals surface area contributed by atoms with Crippen LogP contribution in [0.4, 0.5) is 4.39 Å². The zero-order chi connectivity index (χ0) is 14.5. The summed E-state index contributed by atoms with van der Waals surface area (Å²) in [5.41, 5.74) is 2.99. The Hall–Kier alpha value is -1.63. The molecule has 0 aliphatic carbocycles. The summed E-state index contributed by atoms with van der Waals surface area (Å²) in [4.78, 5) is 0. The van der Waals surface area contributed by atoms with Crippen LogP contribution in [0.25, 0.3) is 11.1 Å². The lowest BCUT2D eigenvalue weighted by Gasteiger charge is -2.18. The van der Waals surface area contributed by atoms with Crippen molar-refractivity contribution in [3.8, 4) is 11.1 Å². The fraction of sp³-hybridized carbons (Fsp3) is 0.368. The molecule has 2 aromatic carbocycles. The lowest BCUT2D eigenvalue weighted by atomic mass is 9.87. The van der Waals surface area contributed by atoms with Crippen molar-refractivity contribution < 1.29 is 4.39 Å². The van der Waals surface area contributed by atoms with Crippen LogP contribution in [0.5, 0.6) is 0 Å². The molecule has 2 aromatic rings. The summed E-state index contributed by atoms with van der Waals surface area (Å²) in [5.74, 6) is 1.14. The largest absolute Gasteiger partial charge is 0.206 e. The van der Waals surface area contributed by atoms with Gasteiger partial charge in [0.25, 0.3) is 0 Å². The van der Waals surface area contributed by atoms with Crippen molar-refractivity contribution in [1.82, 2.24) is 0 Å². The average molecular weight is 270 g/mol. The van der Waals surface area contributed by atoms with E-state index in [4.69, 9.17) is 0 Å². The van der Waals surface area contributed by atoms with E-state index >= 15 is 0 Å². The Morgan fingerprint density at radius 1 is 0.950 bits per heavy atom. The molecular formula is C19H23F. The molecule has 20 heavy (non-hydrogen) atoms. The fourth-order valence-electron chi connectivity index (χ4n) is 2.74. The van der Waals surface area contributed by atoms with Gasteiger partial charge in [-0.25, -0.2) is 4.39 Å². The molecule has 0 nitrogen and oxygen atoms in total. The van der Waals surface area contributed by atoms with Gasteiger partial charge in [0, 0.05) is 5.56 Å². The average Bonchev–Trinajstić information content (AvgIpc) is 2.45. The van der Waals surface area contributed by atoms with Crippen LogP contribution < -0.4 is 0 Å². The summed E-state index contributed by atoms with van der Waals surface area (Å²) >= 11 is 0. The molecule has 0 bridgehead atoms. The van der Waals surface area contributed by atoms with Crippen LogP contribution in [-0.4, -0.2) is 0 Å². The van der Waals surface area contributed by atoms with E-state index in [2.05, 4.69) is 32.9 Å². The third-order valence-corrected chi connectivity index (χ3v) is 3.82. The van der Waals surface area contributed by atoms with Crippen molar-refractivity contribution in [1.29, 1.82) is 0 Å². The van der Waals surface area contributed by atoms with Crippen LogP contribution in [0.1, 0.15) is 45.1 Å². The van der Waals surface area contributed by atoms with Gasteiger partial charge in [0.2, 0.25) is 0 Å². The summed E-state index contributed by atoms with van der Waals surface area (Å²) in [5, 5.41) is 0. The van der Waals surface area contributed by atoms with Gasteiger partial charge in [0.15, 0.2) is 0 Å². The highest BCUT2D eigenvalue weighted by molar-refractivity contribution is 5.64. The first kappa shape index (κ1) is 14.8. The Kier molecular flexibility index (Phi) is 4.94. The molecule has 0 fully saturated rings. The van der Waals surface area contributed by atoms with Gasteiger partial charge in [-0.15, -0.1) is 0 Å². The second kappa shape index (κ2) is 6.69. The van der Waals surface area contributed by atoms with E-state index in [9.17, 15) is 4.39 Å². The Balaban J connectivity index is 2.24. The molecule has 0 heterocycles. The van der Waals surface area contributed by atoms with E-state index in [0.717, 1.165) is 12.0 Å². The van der Waals surface area contributed by atoms with Crippen molar-refractivity contribution in [3.63, 3.8) is 0 Å². The summed E-state index contributed by atoms with van der Waals surface area (Å²) in [6.45, 7) is 6.75. The summed E-state index contributed by atoms with van der Waals surface area (Å²) in [7, 11) is 0. The number of hydrogen-bond donors (Lipinski definition) is 0. The van der Waals surface area contributed by atoms with Crippen LogP contribution in [-0.2, 0) is 0 Å². The van der Waals surface area contributed by atoms with E-state index < -0.39 is 0 Å². The third kappa shape index (κ3) is 3.47. The molecule has 1 atom stereocenters. The van der Waals surface area contributed by atoms with Gasteiger partial charge >= 0.3 is 0 Å². The van der Waals surface area contributed by atoms with Gasteiger partial charge in [-0.1, -0.05) is 63.2 Å². The molecular weight excluding hydrogens is 247 g/mol. The van der Waals surface area contributed by atoms with Crippen LogP contribution in [0.2, 0.25) is 0 Å². The van der Waals surface area contributed by atoms with Crippen molar-refractivity contribution in [3.05, 3.63) is 59.9 Å². The Labute approximate surface area is 121 Å². The molecule has 2 rings (SSSR count).